The molecule has 0 saturated carbocycles. The zero-order valence-electron chi connectivity index (χ0n) is 21.3. The van der Waals surface area contributed by atoms with Gasteiger partial charge in [-0.25, -0.2) is 9.18 Å². The molecule has 1 aliphatic heterocycles. The van der Waals surface area contributed by atoms with Gasteiger partial charge in [-0.05, 0) is 102 Å². The molecule has 1 heterocycles. The molecule has 1 saturated heterocycles. The number of likely N-dealkylation sites (tertiary alicyclic amines) is 1. The number of benzene rings is 3. The summed E-state index contributed by atoms with van der Waals surface area (Å²) in [4.78, 5) is 13.9. The summed E-state index contributed by atoms with van der Waals surface area (Å²) in [5, 5.41) is 9.54. The molecule has 2 aliphatic rings. The first kappa shape index (κ1) is 25.3. The van der Waals surface area contributed by atoms with Crippen molar-refractivity contribution < 1.29 is 18.7 Å². The molecule has 0 bridgehead atoms. The molecule has 3 aromatic rings. The van der Waals surface area contributed by atoms with Gasteiger partial charge in [0.25, 0.3) is 0 Å². The van der Waals surface area contributed by atoms with E-state index in [0.717, 1.165) is 72.3 Å². The summed E-state index contributed by atoms with van der Waals surface area (Å²) >= 11 is 0. The molecule has 37 heavy (non-hydrogen) atoms. The van der Waals surface area contributed by atoms with Crippen LogP contribution in [0.3, 0.4) is 0 Å². The van der Waals surface area contributed by atoms with Gasteiger partial charge in [-0.2, -0.15) is 0 Å². The van der Waals surface area contributed by atoms with Gasteiger partial charge in [0.2, 0.25) is 0 Å². The van der Waals surface area contributed by atoms with Crippen molar-refractivity contribution >= 4 is 17.1 Å². The van der Waals surface area contributed by atoms with E-state index in [-0.39, 0.29) is 18.1 Å². The molecule has 3 aromatic carbocycles. The number of carbonyl (C=O) groups is 1. The summed E-state index contributed by atoms with van der Waals surface area (Å²) in [6.07, 6.45) is 3.88. The minimum absolute atomic E-state index is 0.225. The average Bonchev–Trinajstić information content (AvgIpc) is 3.04. The fourth-order valence-electron chi connectivity index (χ4n) is 5.80. The number of fused-ring (bicyclic) bond motifs is 1. The van der Waals surface area contributed by atoms with Crippen molar-refractivity contribution in [2.24, 2.45) is 5.92 Å². The smallest absolute Gasteiger partial charge is 0.335 e. The second-order valence-corrected chi connectivity index (χ2v) is 10.4. The summed E-state index contributed by atoms with van der Waals surface area (Å²) in [6.45, 7) is 4.50. The van der Waals surface area contributed by atoms with Crippen LogP contribution in [-0.2, 0) is 12.8 Å². The quantitative estimate of drug-likeness (QED) is 0.363. The topological polar surface area (TPSA) is 40.5 Å². The van der Waals surface area contributed by atoms with E-state index >= 15 is 4.39 Å². The van der Waals surface area contributed by atoms with E-state index in [1.165, 1.54) is 5.56 Å². The van der Waals surface area contributed by atoms with Crippen LogP contribution in [0.1, 0.15) is 63.0 Å². The van der Waals surface area contributed by atoms with Gasteiger partial charge in [-0.3, -0.25) is 4.39 Å². The van der Waals surface area contributed by atoms with Gasteiger partial charge in [-0.1, -0.05) is 42.5 Å². The van der Waals surface area contributed by atoms with Crippen molar-refractivity contribution in [2.75, 3.05) is 26.3 Å². The Morgan fingerprint density at radius 1 is 1.00 bits per heavy atom. The molecule has 0 radical (unpaired) electrons. The number of hydrogen-bond donors (Lipinski definition) is 1. The second kappa shape index (κ2) is 11.0. The van der Waals surface area contributed by atoms with Gasteiger partial charge < -0.3 is 10.0 Å². The third-order valence-corrected chi connectivity index (χ3v) is 7.65. The zero-order valence-corrected chi connectivity index (χ0v) is 21.3. The first-order chi connectivity index (χ1) is 17.9. The predicted molar refractivity (Wildman–Crippen MR) is 144 cm³/mol. The summed E-state index contributed by atoms with van der Waals surface area (Å²) in [7, 11) is 0. The molecule has 1 fully saturated rings. The van der Waals surface area contributed by atoms with Crippen LogP contribution >= 0.6 is 0 Å². The lowest BCUT2D eigenvalue weighted by Gasteiger charge is -2.39. The van der Waals surface area contributed by atoms with Crippen LogP contribution < -0.4 is 0 Å². The number of nitrogens with zero attached hydrogens (tertiary/aromatic N) is 1. The van der Waals surface area contributed by atoms with Crippen LogP contribution in [0.2, 0.25) is 0 Å². The maximum Gasteiger partial charge on any atom is 0.335 e. The van der Waals surface area contributed by atoms with Gasteiger partial charge in [0, 0.05) is 25.2 Å². The number of rotatable bonds is 8. The number of allylic oxidation sites excluding steroid dienone is 1. The lowest BCUT2D eigenvalue weighted by Crippen LogP contribution is -2.47. The second-order valence-electron chi connectivity index (χ2n) is 10.4. The fourth-order valence-corrected chi connectivity index (χ4v) is 5.80. The lowest BCUT2D eigenvalue weighted by atomic mass is 9.86. The van der Waals surface area contributed by atoms with Crippen LogP contribution in [-0.4, -0.2) is 42.3 Å². The van der Waals surface area contributed by atoms with Crippen molar-refractivity contribution in [3.63, 3.8) is 0 Å². The Bertz CT molecular complexity index is 1320. The Kier molecular flexibility index (Phi) is 7.52. The number of hydrogen-bond acceptors (Lipinski definition) is 2. The van der Waals surface area contributed by atoms with Crippen LogP contribution in [0, 0.1) is 18.7 Å². The summed E-state index contributed by atoms with van der Waals surface area (Å²) < 4.78 is 27.6. The molecule has 1 N–H and O–H groups in total. The number of aromatic carboxylic acids is 1. The molecule has 0 spiro atoms. The van der Waals surface area contributed by atoms with Crippen LogP contribution in [0.4, 0.5) is 8.78 Å². The molecule has 0 atom stereocenters. The summed E-state index contributed by atoms with van der Waals surface area (Å²) in [5.74, 6) is -0.571. The van der Waals surface area contributed by atoms with E-state index in [1.807, 2.05) is 25.1 Å². The highest BCUT2D eigenvalue weighted by Crippen LogP contribution is 2.41. The van der Waals surface area contributed by atoms with Crippen molar-refractivity contribution in [2.45, 2.75) is 39.0 Å². The molecule has 0 unspecified atom stereocenters. The van der Waals surface area contributed by atoms with Gasteiger partial charge >= 0.3 is 5.97 Å². The van der Waals surface area contributed by atoms with Gasteiger partial charge in [0.15, 0.2) is 0 Å². The molecule has 192 valence electrons. The Labute approximate surface area is 217 Å². The number of alkyl halides is 1. The summed E-state index contributed by atoms with van der Waals surface area (Å²) in [6, 6.07) is 19.3. The van der Waals surface area contributed by atoms with Crippen LogP contribution in [0.25, 0.3) is 11.1 Å². The minimum atomic E-state index is -0.939. The van der Waals surface area contributed by atoms with Crippen molar-refractivity contribution in [3.8, 4) is 0 Å². The predicted octanol–water partition coefficient (Wildman–Crippen LogP) is 6.96. The minimum Gasteiger partial charge on any atom is -0.478 e. The van der Waals surface area contributed by atoms with Gasteiger partial charge in [-0.15, -0.1) is 0 Å². The lowest BCUT2D eigenvalue weighted by molar-refractivity contribution is 0.0696. The molecule has 3 nitrogen and oxygen atoms in total. The number of halogens is 2. The van der Waals surface area contributed by atoms with E-state index in [4.69, 9.17) is 0 Å². The first-order valence-corrected chi connectivity index (χ1v) is 13.2. The van der Waals surface area contributed by atoms with Gasteiger partial charge in [0.1, 0.15) is 5.82 Å². The standard InChI is InChI=1S/C32H33F2NO2/c1-21-6-12-28(30(34)16-21)29-5-2-4-25-18-26(32(36)37)11-13-27(25)31(29)24-9-7-22(8-10-24)17-23-19-35(20-23)15-3-14-33/h6-13,16,18,23H,2-5,14-15,17,19-20H2,1H3,(H,36,37). The highest BCUT2D eigenvalue weighted by atomic mass is 19.1. The Balaban J connectivity index is 1.51. The molecule has 5 rings (SSSR count). The molecule has 0 aromatic heterocycles. The van der Waals surface area contributed by atoms with Crippen molar-refractivity contribution in [1.29, 1.82) is 0 Å². The van der Waals surface area contributed by atoms with E-state index in [9.17, 15) is 14.3 Å². The van der Waals surface area contributed by atoms with Crippen molar-refractivity contribution in [3.05, 3.63) is 105 Å². The van der Waals surface area contributed by atoms with E-state index < -0.39 is 5.97 Å². The molecule has 5 heteroatoms. The Morgan fingerprint density at radius 3 is 2.46 bits per heavy atom. The largest absolute Gasteiger partial charge is 0.478 e. The molecular formula is C32H33F2NO2. The molecular weight excluding hydrogens is 468 g/mol. The molecule has 0 amide bonds. The zero-order chi connectivity index (χ0) is 25.9. The van der Waals surface area contributed by atoms with Crippen LogP contribution in [0.5, 0.6) is 0 Å². The normalized spacial score (nSPS) is 16.3. The SMILES string of the molecule is Cc1ccc(C2=C(c3ccc(CC4CN(CCCF)C4)cc3)c3ccc(C(=O)O)cc3CCC2)c(F)c1. The van der Waals surface area contributed by atoms with E-state index in [2.05, 4.69) is 29.2 Å². The third-order valence-electron chi connectivity index (χ3n) is 7.65. The number of carboxylic acid groups (broad SMARTS) is 1. The summed E-state index contributed by atoms with van der Waals surface area (Å²) in [5.41, 5.74) is 7.97. The first-order valence-electron chi connectivity index (χ1n) is 13.2. The third kappa shape index (κ3) is 5.52. The maximum absolute atomic E-state index is 15.2. The number of aryl methyl sites for hydroxylation is 2. The maximum atomic E-state index is 15.2. The monoisotopic (exact) mass is 501 g/mol. The highest BCUT2D eigenvalue weighted by Gasteiger charge is 2.26. The van der Waals surface area contributed by atoms with E-state index in [0.29, 0.717) is 24.3 Å². The highest BCUT2D eigenvalue weighted by molar-refractivity contribution is 6.00. The Morgan fingerprint density at radius 2 is 1.76 bits per heavy atom. The fraction of sp³-hybridized carbons (Fsp3) is 0.344. The van der Waals surface area contributed by atoms with E-state index in [1.54, 1.807) is 18.2 Å². The van der Waals surface area contributed by atoms with Crippen molar-refractivity contribution in [1.82, 2.24) is 4.90 Å². The average molecular weight is 502 g/mol. The molecule has 1 aliphatic carbocycles. The van der Waals surface area contributed by atoms with Crippen LogP contribution in [0.15, 0.2) is 60.7 Å². The Hall–Kier alpha value is -3.31. The van der Waals surface area contributed by atoms with Gasteiger partial charge in [0.05, 0.1) is 12.2 Å². The number of carboxylic acids is 1.